The fourth-order valence-electron chi connectivity index (χ4n) is 4.60. The summed E-state index contributed by atoms with van der Waals surface area (Å²) < 4.78 is 0. The monoisotopic (exact) mass is 207 g/mol. The van der Waals surface area contributed by atoms with E-state index in [4.69, 9.17) is 0 Å². The average Bonchev–Trinajstić information content (AvgIpc) is 2.12. The first kappa shape index (κ1) is 9.37. The van der Waals surface area contributed by atoms with Crippen LogP contribution in [0.25, 0.3) is 0 Å². The SMILES string of the molecule is O=[N+]([O-])/C=C/C12CC3CC(CC(C3)C1)C2. The van der Waals surface area contributed by atoms with Gasteiger partial charge in [0.25, 0.3) is 0 Å². The van der Waals surface area contributed by atoms with Crippen LogP contribution in [0.5, 0.6) is 0 Å². The molecule has 4 saturated carbocycles. The number of hydrogen-bond acceptors (Lipinski definition) is 2. The van der Waals surface area contributed by atoms with E-state index in [9.17, 15) is 10.1 Å². The lowest BCUT2D eigenvalue weighted by atomic mass is 9.50. The van der Waals surface area contributed by atoms with Gasteiger partial charge in [0.05, 0.1) is 4.92 Å². The maximum Gasteiger partial charge on any atom is 0.231 e. The second kappa shape index (κ2) is 3.06. The van der Waals surface area contributed by atoms with E-state index in [0.717, 1.165) is 17.8 Å². The van der Waals surface area contributed by atoms with Crippen molar-refractivity contribution in [1.29, 1.82) is 0 Å². The number of allylic oxidation sites excluding steroid dienone is 1. The maximum absolute atomic E-state index is 10.4. The summed E-state index contributed by atoms with van der Waals surface area (Å²) in [6.07, 6.45) is 10.9. The summed E-state index contributed by atoms with van der Waals surface area (Å²) >= 11 is 0. The van der Waals surface area contributed by atoms with E-state index in [1.165, 1.54) is 44.7 Å². The Balaban J connectivity index is 1.84. The van der Waals surface area contributed by atoms with Crippen molar-refractivity contribution < 1.29 is 4.92 Å². The molecule has 15 heavy (non-hydrogen) atoms. The molecule has 4 aliphatic rings. The van der Waals surface area contributed by atoms with Crippen LogP contribution in [-0.2, 0) is 0 Å². The lowest BCUT2D eigenvalue weighted by molar-refractivity contribution is -0.403. The van der Waals surface area contributed by atoms with Crippen LogP contribution in [0, 0.1) is 33.3 Å². The zero-order valence-corrected chi connectivity index (χ0v) is 8.89. The van der Waals surface area contributed by atoms with Crippen molar-refractivity contribution in [2.45, 2.75) is 38.5 Å². The van der Waals surface area contributed by atoms with Crippen LogP contribution < -0.4 is 0 Å². The molecule has 3 heteroatoms. The third-order valence-corrected chi connectivity index (χ3v) is 4.64. The van der Waals surface area contributed by atoms with Crippen LogP contribution in [0.1, 0.15) is 38.5 Å². The molecule has 0 aromatic heterocycles. The van der Waals surface area contributed by atoms with Gasteiger partial charge >= 0.3 is 0 Å². The summed E-state index contributed by atoms with van der Waals surface area (Å²) in [6, 6.07) is 0. The van der Waals surface area contributed by atoms with Crippen LogP contribution in [0.2, 0.25) is 0 Å². The van der Waals surface area contributed by atoms with Gasteiger partial charge in [0.15, 0.2) is 0 Å². The zero-order chi connectivity index (χ0) is 10.5. The normalized spacial score (nSPS) is 47.6. The van der Waals surface area contributed by atoms with E-state index in [-0.39, 0.29) is 10.3 Å². The molecule has 0 radical (unpaired) electrons. The lowest BCUT2D eigenvalue weighted by Gasteiger charge is -2.55. The highest BCUT2D eigenvalue weighted by molar-refractivity contribution is 5.09. The lowest BCUT2D eigenvalue weighted by Crippen LogP contribution is -2.45. The third-order valence-electron chi connectivity index (χ3n) is 4.64. The number of rotatable bonds is 2. The largest absolute Gasteiger partial charge is 0.259 e. The summed E-state index contributed by atoms with van der Waals surface area (Å²) in [5.74, 6) is 2.60. The predicted octanol–water partition coefficient (Wildman–Crippen LogP) is 2.99. The maximum atomic E-state index is 10.4. The Morgan fingerprint density at radius 3 is 1.93 bits per heavy atom. The van der Waals surface area contributed by atoms with Gasteiger partial charge in [0, 0.05) is 0 Å². The third kappa shape index (κ3) is 1.58. The Labute approximate surface area is 89.7 Å². The molecule has 4 fully saturated rings. The van der Waals surface area contributed by atoms with Gasteiger partial charge in [0.1, 0.15) is 0 Å². The Morgan fingerprint density at radius 1 is 1.07 bits per heavy atom. The van der Waals surface area contributed by atoms with Crippen LogP contribution in [-0.4, -0.2) is 4.92 Å². The molecular formula is C12H17NO2. The van der Waals surface area contributed by atoms with Crippen molar-refractivity contribution in [2.24, 2.45) is 23.2 Å². The highest BCUT2D eigenvalue weighted by Gasteiger charge is 2.49. The van der Waals surface area contributed by atoms with E-state index in [1.54, 1.807) is 0 Å². The molecule has 0 atom stereocenters. The van der Waals surface area contributed by atoms with E-state index in [0.29, 0.717) is 0 Å². The van der Waals surface area contributed by atoms with Crippen LogP contribution in [0.15, 0.2) is 12.3 Å². The molecule has 0 unspecified atom stereocenters. The van der Waals surface area contributed by atoms with Crippen LogP contribution in [0.4, 0.5) is 0 Å². The first-order chi connectivity index (χ1) is 7.15. The van der Waals surface area contributed by atoms with Crippen molar-refractivity contribution in [1.82, 2.24) is 0 Å². The zero-order valence-electron chi connectivity index (χ0n) is 8.89. The summed E-state index contributed by atoms with van der Waals surface area (Å²) in [7, 11) is 0. The van der Waals surface area contributed by atoms with E-state index in [1.807, 2.05) is 6.08 Å². The first-order valence-electron chi connectivity index (χ1n) is 5.98. The molecule has 0 saturated heterocycles. The molecule has 4 bridgehead atoms. The molecule has 0 aromatic carbocycles. The Bertz CT molecular complexity index is 286. The van der Waals surface area contributed by atoms with Crippen molar-refractivity contribution in [2.75, 3.05) is 0 Å². The second-order valence-corrected chi connectivity index (χ2v) is 5.88. The molecular weight excluding hydrogens is 190 g/mol. The van der Waals surface area contributed by atoms with Crippen LogP contribution in [0.3, 0.4) is 0 Å². The quantitative estimate of drug-likeness (QED) is 0.516. The van der Waals surface area contributed by atoms with Gasteiger partial charge in [-0.3, -0.25) is 10.1 Å². The molecule has 3 nitrogen and oxygen atoms in total. The first-order valence-corrected chi connectivity index (χ1v) is 5.98. The Morgan fingerprint density at radius 2 is 1.53 bits per heavy atom. The van der Waals surface area contributed by atoms with E-state index >= 15 is 0 Å². The minimum absolute atomic E-state index is 0.210. The molecule has 0 heterocycles. The van der Waals surface area contributed by atoms with Gasteiger partial charge < -0.3 is 0 Å². The van der Waals surface area contributed by atoms with Gasteiger partial charge in [-0.1, -0.05) is 0 Å². The molecule has 82 valence electrons. The van der Waals surface area contributed by atoms with Crippen molar-refractivity contribution >= 4 is 0 Å². The smallest absolute Gasteiger partial charge is 0.231 e. The average molecular weight is 207 g/mol. The van der Waals surface area contributed by atoms with E-state index < -0.39 is 0 Å². The van der Waals surface area contributed by atoms with Crippen molar-refractivity contribution in [3.05, 3.63) is 22.4 Å². The standard InChI is InChI=1S/C12H17NO2/c14-13(15)2-1-12-6-9-3-10(7-12)5-11(4-9)8-12/h1-2,9-11H,3-8H2/b2-1+. The summed E-state index contributed by atoms with van der Waals surface area (Å²) in [5.41, 5.74) is 0.210. The molecule has 0 aliphatic heterocycles. The van der Waals surface area contributed by atoms with Gasteiger partial charge in [0.2, 0.25) is 6.20 Å². The number of nitro groups is 1. The fraction of sp³-hybridized carbons (Fsp3) is 0.833. The molecule has 0 aromatic rings. The Kier molecular flexibility index (Phi) is 1.91. The fourth-order valence-corrected chi connectivity index (χ4v) is 4.60. The predicted molar refractivity (Wildman–Crippen MR) is 56.7 cm³/mol. The van der Waals surface area contributed by atoms with Crippen LogP contribution >= 0.6 is 0 Å². The number of nitrogens with zero attached hydrogens (tertiary/aromatic N) is 1. The highest BCUT2D eigenvalue weighted by Crippen LogP contribution is 2.60. The van der Waals surface area contributed by atoms with Gasteiger partial charge in [-0.2, -0.15) is 0 Å². The second-order valence-electron chi connectivity index (χ2n) is 5.88. The highest BCUT2D eigenvalue weighted by atomic mass is 16.6. The minimum Gasteiger partial charge on any atom is -0.259 e. The number of hydrogen-bond donors (Lipinski definition) is 0. The minimum atomic E-state index is -0.307. The topological polar surface area (TPSA) is 43.1 Å². The van der Waals surface area contributed by atoms with Crippen molar-refractivity contribution in [3.63, 3.8) is 0 Å². The van der Waals surface area contributed by atoms with Gasteiger partial charge in [-0.15, -0.1) is 0 Å². The summed E-state index contributed by atoms with van der Waals surface area (Å²) in [6.45, 7) is 0. The molecule has 0 amide bonds. The van der Waals surface area contributed by atoms with Gasteiger partial charge in [-0.05, 0) is 67.8 Å². The van der Waals surface area contributed by atoms with Crippen molar-refractivity contribution in [3.8, 4) is 0 Å². The summed E-state index contributed by atoms with van der Waals surface area (Å²) in [5, 5.41) is 10.4. The molecule has 0 N–H and O–H groups in total. The Hall–Kier alpha value is -0.860. The molecule has 4 rings (SSSR count). The summed E-state index contributed by atoms with van der Waals surface area (Å²) in [4.78, 5) is 10.1. The molecule has 4 aliphatic carbocycles. The van der Waals surface area contributed by atoms with Gasteiger partial charge in [-0.25, -0.2) is 0 Å². The van der Waals surface area contributed by atoms with E-state index in [2.05, 4.69) is 0 Å². The molecule has 0 spiro atoms.